The molecule has 0 aromatic heterocycles. The van der Waals surface area contributed by atoms with Crippen LogP contribution < -0.4 is 4.74 Å². The van der Waals surface area contributed by atoms with Gasteiger partial charge in [-0.1, -0.05) is 81.3 Å². The van der Waals surface area contributed by atoms with Crippen LogP contribution >= 0.6 is 0 Å². The number of methoxy groups -OCH3 is 1. The Kier molecular flexibility index (Phi) is 5.83. The van der Waals surface area contributed by atoms with Crippen LogP contribution in [-0.2, 0) is 5.41 Å². The first-order valence-electron chi connectivity index (χ1n) is 8.07. The second-order valence-corrected chi connectivity index (χ2v) is 6.00. The lowest BCUT2D eigenvalue weighted by molar-refractivity contribution is 0.412. The van der Waals surface area contributed by atoms with Crippen LogP contribution in [0.2, 0.25) is 0 Å². The summed E-state index contributed by atoms with van der Waals surface area (Å²) in [4.78, 5) is 0. The smallest absolute Gasteiger partial charge is 0.119 e. The molecular weight excluding hydrogens is 268 g/mol. The monoisotopic (exact) mass is 294 g/mol. The highest BCUT2D eigenvalue weighted by Gasteiger charge is 2.23. The molecule has 0 spiro atoms. The van der Waals surface area contributed by atoms with Gasteiger partial charge in [0, 0.05) is 5.41 Å². The van der Waals surface area contributed by atoms with Crippen LogP contribution in [0.5, 0.6) is 5.75 Å². The molecule has 0 saturated carbocycles. The Morgan fingerprint density at radius 2 is 1.82 bits per heavy atom. The second kappa shape index (κ2) is 7.84. The number of hydrogen-bond acceptors (Lipinski definition) is 1. The Morgan fingerprint density at radius 3 is 2.50 bits per heavy atom. The molecule has 0 amide bonds. The highest BCUT2D eigenvalue weighted by atomic mass is 16.5. The van der Waals surface area contributed by atoms with Crippen molar-refractivity contribution < 1.29 is 4.74 Å². The molecule has 0 aliphatic heterocycles. The Labute approximate surface area is 134 Å². The first-order chi connectivity index (χ1) is 10.7. The largest absolute Gasteiger partial charge is 0.497 e. The van der Waals surface area contributed by atoms with Gasteiger partial charge in [0.1, 0.15) is 5.75 Å². The average molecular weight is 294 g/mol. The lowest BCUT2D eigenvalue weighted by atomic mass is 9.77. The van der Waals surface area contributed by atoms with Crippen molar-refractivity contribution in [3.8, 4) is 5.75 Å². The van der Waals surface area contributed by atoms with Crippen LogP contribution in [0.25, 0.3) is 6.08 Å². The van der Waals surface area contributed by atoms with Crippen LogP contribution in [0, 0.1) is 0 Å². The summed E-state index contributed by atoms with van der Waals surface area (Å²) in [6.45, 7) is 4.56. The molecule has 0 N–H and O–H groups in total. The number of benzene rings is 2. The molecule has 0 aliphatic carbocycles. The van der Waals surface area contributed by atoms with Gasteiger partial charge in [-0.3, -0.25) is 0 Å². The number of ether oxygens (including phenoxy) is 1. The number of allylic oxidation sites excluding steroid dienone is 1. The van der Waals surface area contributed by atoms with Crippen molar-refractivity contribution in [1.82, 2.24) is 0 Å². The van der Waals surface area contributed by atoms with E-state index in [0.717, 1.165) is 12.2 Å². The molecule has 0 unspecified atom stereocenters. The van der Waals surface area contributed by atoms with E-state index in [1.807, 2.05) is 6.07 Å². The molecule has 0 heterocycles. The van der Waals surface area contributed by atoms with Gasteiger partial charge in [0.05, 0.1) is 7.11 Å². The number of unbranched alkanes of at least 4 members (excludes halogenated alkanes) is 1. The molecule has 116 valence electrons. The molecule has 0 bridgehead atoms. The van der Waals surface area contributed by atoms with Gasteiger partial charge in [-0.2, -0.15) is 0 Å². The quantitative estimate of drug-likeness (QED) is 0.621. The van der Waals surface area contributed by atoms with E-state index in [1.165, 1.54) is 24.0 Å². The highest BCUT2D eigenvalue weighted by molar-refractivity contribution is 5.52. The minimum Gasteiger partial charge on any atom is -0.497 e. The Hall–Kier alpha value is -2.02. The molecule has 0 aliphatic rings. The summed E-state index contributed by atoms with van der Waals surface area (Å²) in [5.74, 6) is 0.924. The first-order valence-corrected chi connectivity index (χ1v) is 8.07. The third-order valence-corrected chi connectivity index (χ3v) is 4.22. The van der Waals surface area contributed by atoms with E-state index in [9.17, 15) is 0 Å². The van der Waals surface area contributed by atoms with E-state index in [0.29, 0.717) is 0 Å². The third-order valence-electron chi connectivity index (χ3n) is 4.22. The Balaban J connectivity index is 2.32. The van der Waals surface area contributed by atoms with Gasteiger partial charge >= 0.3 is 0 Å². The SMILES string of the molecule is CCCC[C@@](C)(/C=C/c1ccccc1)c1cccc(OC)c1. The molecular formula is C21H26O. The zero-order chi connectivity index (χ0) is 15.8. The van der Waals surface area contributed by atoms with E-state index in [1.54, 1.807) is 7.11 Å². The van der Waals surface area contributed by atoms with E-state index in [4.69, 9.17) is 4.74 Å². The molecule has 1 nitrogen and oxygen atoms in total. The van der Waals surface area contributed by atoms with E-state index < -0.39 is 0 Å². The fourth-order valence-corrected chi connectivity index (χ4v) is 2.69. The molecule has 1 atom stereocenters. The van der Waals surface area contributed by atoms with Crippen LogP contribution in [0.1, 0.15) is 44.2 Å². The van der Waals surface area contributed by atoms with Gasteiger partial charge in [-0.15, -0.1) is 0 Å². The summed E-state index contributed by atoms with van der Waals surface area (Å²) in [7, 11) is 1.72. The maximum absolute atomic E-state index is 5.39. The van der Waals surface area contributed by atoms with E-state index >= 15 is 0 Å². The van der Waals surface area contributed by atoms with Crippen molar-refractivity contribution in [2.75, 3.05) is 7.11 Å². The Morgan fingerprint density at radius 1 is 1.05 bits per heavy atom. The fraction of sp³-hybridized carbons (Fsp3) is 0.333. The number of rotatable bonds is 7. The van der Waals surface area contributed by atoms with Crippen LogP contribution in [0.15, 0.2) is 60.7 Å². The molecule has 2 rings (SSSR count). The van der Waals surface area contributed by atoms with Gasteiger partial charge < -0.3 is 4.74 Å². The predicted octanol–water partition coefficient (Wildman–Crippen LogP) is 5.86. The first kappa shape index (κ1) is 16.4. The van der Waals surface area contributed by atoms with Gasteiger partial charge in [-0.25, -0.2) is 0 Å². The molecule has 0 fully saturated rings. The molecule has 0 radical (unpaired) electrons. The summed E-state index contributed by atoms with van der Waals surface area (Å²) in [6.07, 6.45) is 8.13. The zero-order valence-electron chi connectivity index (χ0n) is 13.9. The van der Waals surface area contributed by atoms with Crippen molar-refractivity contribution >= 4 is 6.08 Å². The lowest BCUT2D eigenvalue weighted by Gasteiger charge is -2.27. The minimum absolute atomic E-state index is 0.0282. The summed E-state index contributed by atoms with van der Waals surface area (Å²) in [5.41, 5.74) is 2.58. The van der Waals surface area contributed by atoms with Crippen LogP contribution in [-0.4, -0.2) is 7.11 Å². The molecule has 0 saturated heterocycles. The fourth-order valence-electron chi connectivity index (χ4n) is 2.69. The molecule has 2 aromatic rings. The number of hydrogen-bond donors (Lipinski definition) is 0. The molecule has 22 heavy (non-hydrogen) atoms. The summed E-state index contributed by atoms with van der Waals surface area (Å²) < 4.78 is 5.39. The van der Waals surface area contributed by atoms with Gasteiger partial charge in [0.15, 0.2) is 0 Å². The van der Waals surface area contributed by atoms with Crippen LogP contribution in [0.4, 0.5) is 0 Å². The van der Waals surface area contributed by atoms with Crippen molar-refractivity contribution in [3.05, 3.63) is 71.8 Å². The topological polar surface area (TPSA) is 9.23 Å². The maximum atomic E-state index is 5.39. The summed E-state index contributed by atoms with van der Waals surface area (Å²) in [6, 6.07) is 18.9. The lowest BCUT2D eigenvalue weighted by Crippen LogP contribution is -2.19. The maximum Gasteiger partial charge on any atom is 0.119 e. The van der Waals surface area contributed by atoms with Crippen molar-refractivity contribution in [3.63, 3.8) is 0 Å². The highest BCUT2D eigenvalue weighted by Crippen LogP contribution is 2.33. The predicted molar refractivity (Wildman–Crippen MR) is 95.3 cm³/mol. The third kappa shape index (κ3) is 4.24. The molecule has 2 aromatic carbocycles. The minimum atomic E-state index is 0.0282. The van der Waals surface area contributed by atoms with Crippen molar-refractivity contribution in [2.45, 2.75) is 38.5 Å². The standard InChI is InChI=1S/C21H26O/c1-4-5-15-21(2,16-14-18-10-7-6-8-11-18)19-12-9-13-20(17-19)22-3/h6-14,16-17H,4-5,15H2,1-3H3/b16-14+/t21-/m0/s1. The van der Waals surface area contributed by atoms with Crippen molar-refractivity contribution in [1.29, 1.82) is 0 Å². The van der Waals surface area contributed by atoms with E-state index in [2.05, 4.69) is 74.5 Å². The second-order valence-electron chi connectivity index (χ2n) is 6.00. The van der Waals surface area contributed by atoms with Gasteiger partial charge in [0.2, 0.25) is 0 Å². The average Bonchev–Trinajstić information content (AvgIpc) is 2.59. The van der Waals surface area contributed by atoms with Gasteiger partial charge in [-0.05, 0) is 29.7 Å². The van der Waals surface area contributed by atoms with Crippen molar-refractivity contribution in [2.24, 2.45) is 0 Å². The zero-order valence-corrected chi connectivity index (χ0v) is 13.9. The summed E-state index contributed by atoms with van der Waals surface area (Å²) >= 11 is 0. The Bertz CT molecular complexity index is 600. The summed E-state index contributed by atoms with van der Waals surface area (Å²) in [5, 5.41) is 0. The van der Waals surface area contributed by atoms with Crippen LogP contribution in [0.3, 0.4) is 0 Å². The van der Waals surface area contributed by atoms with E-state index in [-0.39, 0.29) is 5.41 Å². The normalized spacial score (nSPS) is 14.0. The molecule has 1 heteroatoms. The van der Waals surface area contributed by atoms with Gasteiger partial charge in [0.25, 0.3) is 0 Å².